The molecule has 30 heavy (non-hydrogen) atoms. The van der Waals surface area contributed by atoms with Gasteiger partial charge in [-0.05, 0) is 98.8 Å². The molecule has 5 nitrogen and oxygen atoms in total. The molecule has 0 radical (unpaired) electrons. The minimum absolute atomic E-state index is 0.269. The van der Waals surface area contributed by atoms with E-state index in [2.05, 4.69) is 55.7 Å². The van der Waals surface area contributed by atoms with Gasteiger partial charge in [-0.15, -0.1) is 0 Å². The summed E-state index contributed by atoms with van der Waals surface area (Å²) in [5.74, 6) is 0.962. The maximum atomic E-state index is 12.2. The standard InChI is InChI=1S/C22H17ClI2N2O3/c1-29-20-10-15(12-26-27-22(28)16-3-2-4-18(24)11-16)9-19(25)21(20)30-13-14-5-7-17(23)8-6-14/h2-12H,13H2,1H3,(H,27,28)/b26-12-. The Morgan fingerprint density at radius 2 is 1.90 bits per heavy atom. The smallest absolute Gasteiger partial charge is 0.271 e. The number of methoxy groups -OCH3 is 1. The van der Waals surface area contributed by atoms with E-state index in [1.165, 1.54) is 0 Å². The Morgan fingerprint density at radius 1 is 1.13 bits per heavy atom. The van der Waals surface area contributed by atoms with Gasteiger partial charge in [-0.1, -0.05) is 29.8 Å². The molecule has 0 aromatic heterocycles. The van der Waals surface area contributed by atoms with Crippen molar-refractivity contribution in [2.24, 2.45) is 5.10 Å². The molecule has 0 bridgehead atoms. The van der Waals surface area contributed by atoms with Gasteiger partial charge in [0.15, 0.2) is 11.5 Å². The third-order valence-corrected chi connectivity index (χ3v) is 5.74. The molecule has 1 amide bonds. The van der Waals surface area contributed by atoms with Crippen molar-refractivity contribution >= 4 is 68.9 Å². The number of carbonyl (C=O) groups is 1. The van der Waals surface area contributed by atoms with E-state index in [-0.39, 0.29) is 5.91 Å². The topological polar surface area (TPSA) is 59.9 Å². The maximum absolute atomic E-state index is 12.2. The number of nitrogens with one attached hydrogen (secondary N) is 1. The highest BCUT2D eigenvalue weighted by Gasteiger charge is 2.12. The van der Waals surface area contributed by atoms with Crippen molar-refractivity contribution in [3.63, 3.8) is 0 Å². The van der Waals surface area contributed by atoms with Crippen LogP contribution in [0.2, 0.25) is 5.02 Å². The molecule has 0 saturated heterocycles. The molecule has 154 valence electrons. The van der Waals surface area contributed by atoms with Crippen molar-refractivity contribution in [1.29, 1.82) is 0 Å². The normalized spacial score (nSPS) is 10.8. The van der Waals surface area contributed by atoms with Gasteiger partial charge in [0, 0.05) is 14.2 Å². The van der Waals surface area contributed by atoms with E-state index in [1.54, 1.807) is 31.5 Å². The zero-order valence-corrected chi connectivity index (χ0v) is 20.9. The Bertz CT molecular complexity index is 1070. The number of carbonyl (C=O) groups excluding carboxylic acids is 1. The number of rotatable bonds is 7. The van der Waals surface area contributed by atoms with E-state index in [0.717, 1.165) is 18.3 Å². The monoisotopic (exact) mass is 646 g/mol. The lowest BCUT2D eigenvalue weighted by atomic mass is 10.2. The molecule has 0 aliphatic heterocycles. The highest BCUT2D eigenvalue weighted by molar-refractivity contribution is 14.1. The molecule has 0 atom stereocenters. The number of halogens is 3. The summed E-state index contributed by atoms with van der Waals surface area (Å²) < 4.78 is 13.3. The average Bonchev–Trinajstić information content (AvgIpc) is 2.73. The van der Waals surface area contributed by atoms with Gasteiger partial charge in [-0.2, -0.15) is 5.10 Å². The Hall–Kier alpha value is -1.85. The van der Waals surface area contributed by atoms with Crippen LogP contribution in [0.4, 0.5) is 0 Å². The van der Waals surface area contributed by atoms with Crippen LogP contribution in [0.15, 0.2) is 65.8 Å². The number of hydrogen-bond donors (Lipinski definition) is 1. The molecule has 1 N–H and O–H groups in total. The first kappa shape index (κ1) is 22.8. The lowest BCUT2D eigenvalue weighted by molar-refractivity contribution is 0.0955. The first-order chi connectivity index (χ1) is 14.5. The van der Waals surface area contributed by atoms with Crippen LogP contribution in [-0.4, -0.2) is 19.2 Å². The molecule has 3 rings (SSSR count). The molecular formula is C22H17ClI2N2O3. The summed E-state index contributed by atoms with van der Waals surface area (Å²) in [4.78, 5) is 12.2. The number of benzene rings is 3. The fraction of sp³-hybridized carbons (Fsp3) is 0.0909. The first-order valence-corrected chi connectivity index (χ1v) is 11.3. The summed E-state index contributed by atoms with van der Waals surface area (Å²) in [5, 5.41) is 4.74. The zero-order chi connectivity index (χ0) is 21.5. The number of nitrogens with zero attached hydrogens (tertiary/aromatic N) is 1. The summed E-state index contributed by atoms with van der Waals surface area (Å²) in [7, 11) is 1.58. The van der Waals surface area contributed by atoms with Gasteiger partial charge in [0.25, 0.3) is 5.91 Å². The number of hydrogen-bond acceptors (Lipinski definition) is 4. The van der Waals surface area contributed by atoms with E-state index < -0.39 is 0 Å². The van der Waals surface area contributed by atoms with Crippen molar-refractivity contribution in [2.75, 3.05) is 7.11 Å². The highest BCUT2D eigenvalue weighted by atomic mass is 127. The summed E-state index contributed by atoms with van der Waals surface area (Å²) in [6, 6.07) is 18.5. The van der Waals surface area contributed by atoms with E-state index >= 15 is 0 Å². The van der Waals surface area contributed by atoms with Crippen LogP contribution in [0.1, 0.15) is 21.5 Å². The Balaban J connectivity index is 1.69. The second kappa shape index (κ2) is 11.0. The molecule has 0 saturated carbocycles. The van der Waals surface area contributed by atoms with Crippen molar-refractivity contribution in [3.8, 4) is 11.5 Å². The van der Waals surface area contributed by atoms with Crippen LogP contribution in [0, 0.1) is 7.14 Å². The van der Waals surface area contributed by atoms with Crippen LogP contribution in [0.3, 0.4) is 0 Å². The largest absolute Gasteiger partial charge is 0.493 e. The quantitative estimate of drug-likeness (QED) is 0.198. The van der Waals surface area contributed by atoms with Crippen molar-refractivity contribution in [2.45, 2.75) is 6.61 Å². The van der Waals surface area contributed by atoms with Crippen molar-refractivity contribution in [3.05, 3.63) is 89.5 Å². The molecular weight excluding hydrogens is 630 g/mol. The fourth-order valence-corrected chi connectivity index (χ4v) is 4.00. The van der Waals surface area contributed by atoms with Gasteiger partial charge < -0.3 is 9.47 Å². The summed E-state index contributed by atoms with van der Waals surface area (Å²) in [6.45, 7) is 0.392. The molecule has 3 aromatic carbocycles. The van der Waals surface area contributed by atoms with Crippen LogP contribution in [0.25, 0.3) is 0 Å². The minimum Gasteiger partial charge on any atom is -0.493 e. The zero-order valence-electron chi connectivity index (χ0n) is 15.9. The first-order valence-electron chi connectivity index (χ1n) is 8.80. The van der Waals surface area contributed by atoms with Crippen LogP contribution in [0.5, 0.6) is 11.5 Å². The number of hydrazone groups is 1. The Morgan fingerprint density at radius 3 is 2.60 bits per heavy atom. The average molecular weight is 647 g/mol. The van der Waals surface area contributed by atoms with E-state index in [4.69, 9.17) is 21.1 Å². The lowest BCUT2D eigenvalue weighted by Crippen LogP contribution is -2.17. The summed E-state index contributed by atoms with van der Waals surface area (Å²) >= 11 is 10.3. The van der Waals surface area contributed by atoms with Gasteiger partial charge in [-0.25, -0.2) is 5.43 Å². The highest BCUT2D eigenvalue weighted by Crippen LogP contribution is 2.34. The molecule has 0 aliphatic carbocycles. The minimum atomic E-state index is -0.269. The van der Waals surface area contributed by atoms with Gasteiger partial charge in [0.1, 0.15) is 6.61 Å². The van der Waals surface area contributed by atoms with Crippen molar-refractivity contribution < 1.29 is 14.3 Å². The SMILES string of the molecule is COc1cc(/C=N\NC(=O)c2cccc(I)c2)cc(I)c1OCc1ccc(Cl)cc1. The third kappa shape index (κ3) is 6.32. The molecule has 8 heteroatoms. The van der Waals surface area contributed by atoms with Gasteiger partial charge in [-0.3, -0.25) is 4.79 Å². The predicted molar refractivity (Wildman–Crippen MR) is 136 cm³/mol. The van der Waals surface area contributed by atoms with E-state index in [1.807, 2.05) is 42.5 Å². The fourth-order valence-electron chi connectivity index (χ4n) is 2.55. The molecule has 0 fully saturated rings. The van der Waals surface area contributed by atoms with Crippen LogP contribution >= 0.6 is 56.8 Å². The van der Waals surface area contributed by atoms with Crippen LogP contribution in [-0.2, 0) is 6.61 Å². The molecule has 0 aliphatic rings. The maximum Gasteiger partial charge on any atom is 0.271 e. The molecule has 0 unspecified atom stereocenters. The molecule has 0 spiro atoms. The number of ether oxygens (including phenoxy) is 2. The molecule has 0 heterocycles. The van der Waals surface area contributed by atoms with Gasteiger partial charge >= 0.3 is 0 Å². The second-order valence-electron chi connectivity index (χ2n) is 6.16. The molecule has 3 aromatic rings. The Kier molecular flexibility index (Phi) is 8.34. The van der Waals surface area contributed by atoms with Gasteiger partial charge in [0.05, 0.1) is 16.9 Å². The predicted octanol–water partition coefficient (Wildman–Crippen LogP) is 5.90. The number of amides is 1. The van der Waals surface area contributed by atoms with E-state index in [0.29, 0.717) is 28.7 Å². The summed E-state index contributed by atoms with van der Waals surface area (Å²) in [5.41, 5.74) is 4.87. The van der Waals surface area contributed by atoms with Gasteiger partial charge in [0.2, 0.25) is 0 Å². The van der Waals surface area contributed by atoms with E-state index in [9.17, 15) is 4.79 Å². The lowest BCUT2D eigenvalue weighted by Gasteiger charge is -2.13. The van der Waals surface area contributed by atoms with Crippen LogP contribution < -0.4 is 14.9 Å². The second-order valence-corrected chi connectivity index (χ2v) is 9.00. The Labute approximate surface area is 207 Å². The summed E-state index contributed by atoms with van der Waals surface area (Å²) in [6.07, 6.45) is 1.57. The third-order valence-electron chi connectivity index (χ3n) is 4.01. The van der Waals surface area contributed by atoms with Crippen molar-refractivity contribution in [1.82, 2.24) is 5.43 Å².